The SMILES string of the molecule is O=C1C[C@H]2C[C@H](Cc3nc[nH]c32)N1Cc1ccccc1. The highest BCUT2D eigenvalue weighted by molar-refractivity contribution is 5.79. The minimum Gasteiger partial charge on any atom is -0.348 e. The first-order chi connectivity index (χ1) is 9.81. The Bertz CT molecular complexity index is 634. The Kier molecular flexibility index (Phi) is 2.62. The number of H-pyrrole nitrogens is 1. The zero-order chi connectivity index (χ0) is 13.5. The van der Waals surface area contributed by atoms with Crippen molar-refractivity contribution in [3.63, 3.8) is 0 Å². The van der Waals surface area contributed by atoms with Crippen molar-refractivity contribution < 1.29 is 4.79 Å². The van der Waals surface area contributed by atoms with Gasteiger partial charge in [0.2, 0.25) is 5.91 Å². The highest BCUT2D eigenvalue weighted by Crippen LogP contribution is 2.39. The van der Waals surface area contributed by atoms with Crippen LogP contribution in [0, 0.1) is 0 Å². The molecule has 4 heteroatoms. The largest absolute Gasteiger partial charge is 0.348 e. The average Bonchev–Trinajstić information content (AvgIpc) is 2.93. The summed E-state index contributed by atoms with van der Waals surface area (Å²) in [5, 5.41) is 0. The highest BCUT2D eigenvalue weighted by atomic mass is 16.2. The number of likely N-dealkylation sites (tertiary alicyclic amines) is 1. The monoisotopic (exact) mass is 267 g/mol. The van der Waals surface area contributed by atoms with E-state index in [2.05, 4.69) is 22.1 Å². The average molecular weight is 267 g/mol. The van der Waals surface area contributed by atoms with Gasteiger partial charge in [0.05, 0.1) is 12.0 Å². The molecular weight excluding hydrogens is 250 g/mol. The summed E-state index contributed by atoms with van der Waals surface area (Å²) in [4.78, 5) is 22.1. The zero-order valence-electron chi connectivity index (χ0n) is 11.2. The van der Waals surface area contributed by atoms with Crippen molar-refractivity contribution in [2.75, 3.05) is 0 Å². The van der Waals surface area contributed by atoms with Gasteiger partial charge in [-0.15, -0.1) is 0 Å². The molecular formula is C16H17N3O. The van der Waals surface area contributed by atoms with E-state index in [1.165, 1.54) is 11.3 Å². The Balaban J connectivity index is 1.61. The molecule has 2 heterocycles. The van der Waals surface area contributed by atoms with E-state index in [-0.39, 0.29) is 5.91 Å². The van der Waals surface area contributed by atoms with E-state index in [1.807, 2.05) is 23.1 Å². The van der Waals surface area contributed by atoms with Crippen LogP contribution in [-0.4, -0.2) is 26.8 Å². The number of amides is 1. The van der Waals surface area contributed by atoms with Crippen LogP contribution in [0.25, 0.3) is 0 Å². The van der Waals surface area contributed by atoms with Crippen LogP contribution in [0.4, 0.5) is 0 Å². The van der Waals surface area contributed by atoms with Crippen molar-refractivity contribution in [3.8, 4) is 0 Å². The fourth-order valence-electron chi connectivity index (χ4n) is 3.55. The number of rotatable bonds is 2. The number of carbonyl (C=O) groups is 1. The lowest BCUT2D eigenvalue weighted by Crippen LogP contribution is -2.48. The summed E-state index contributed by atoms with van der Waals surface area (Å²) in [6.45, 7) is 0.719. The van der Waals surface area contributed by atoms with Gasteiger partial charge in [0.25, 0.3) is 0 Å². The van der Waals surface area contributed by atoms with Gasteiger partial charge in [-0.3, -0.25) is 4.79 Å². The molecule has 2 aliphatic rings. The maximum Gasteiger partial charge on any atom is 0.223 e. The third-order valence-electron chi connectivity index (χ3n) is 4.52. The topological polar surface area (TPSA) is 49.0 Å². The number of fused-ring (bicyclic) bond motifs is 4. The summed E-state index contributed by atoms with van der Waals surface area (Å²) in [5.74, 6) is 0.612. The molecule has 0 unspecified atom stereocenters. The Labute approximate surface area is 117 Å². The Morgan fingerprint density at radius 2 is 2.10 bits per heavy atom. The Morgan fingerprint density at radius 3 is 2.95 bits per heavy atom. The van der Waals surface area contributed by atoms with E-state index in [0.717, 1.165) is 25.1 Å². The predicted molar refractivity (Wildman–Crippen MR) is 75.0 cm³/mol. The van der Waals surface area contributed by atoms with Gasteiger partial charge in [-0.05, 0) is 12.0 Å². The van der Waals surface area contributed by atoms with Crippen LogP contribution in [-0.2, 0) is 17.8 Å². The van der Waals surface area contributed by atoms with Crippen molar-refractivity contribution in [1.82, 2.24) is 14.9 Å². The first-order valence-corrected chi connectivity index (χ1v) is 7.17. The van der Waals surface area contributed by atoms with Gasteiger partial charge in [0, 0.05) is 37.0 Å². The molecule has 0 spiro atoms. The van der Waals surface area contributed by atoms with Gasteiger partial charge < -0.3 is 9.88 Å². The molecule has 0 radical (unpaired) electrons. The zero-order valence-corrected chi connectivity index (χ0v) is 11.2. The molecule has 4 nitrogen and oxygen atoms in total. The van der Waals surface area contributed by atoms with Gasteiger partial charge in [0.15, 0.2) is 0 Å². The summed E-state index contributed by atoms with van der Waals surface area (Å²) >= 11 is 0. The molecule has 1 aromatic carbocycles. The van der Waals surface area contributed by atoms with Crippen LogP contribution in [0.3, 0.4) is 0 Å². The molecule has 1 aliphatic carbocycles. The number of aromatic nitrogens is 2. The second-order valence-corrected chi connectivity index (χ2v) is 5.76. The van der Waals surface area contributed by atoms with Gasteiger partial charge in [-0.2, -0.15) is 0 Å². The van der Waals surface area contributed by atoms with Crippen LogP contribution >= 0.6 is 0 Å². The quantitative estimate of drug-likeness (QED) is 0.907. The van der Waals surface area contributed by atoms with Gasteiger partial charge in [-0.25, -0.2) is 4.98 Å². The first-order valence-electron chi connectivity index (χ1n) is 7.17. The highest BCUT2D eigenvalue weighted by Gasteiger charge is 2.40. The number of hydrogen-bond donors (Lipinski definition) is 1. The molecule has 2 bridgehead atoms. The molecule has 20 heavy (non-hydrogen) atoms. The fourth-order valence-corrected chi connectivity index (χ4v) is 3.55. The third-order valence-corrected chi connectivity index (χ3v) is 4.52. The molecule has 1 N–H and O–H groups in total. The lowest BCUT2D eigenvalue weighted by atomic mass is 9.79. The molecule has 1 aromatic heterocycles. The van der Waals surface area contributed by atoms with Crippen molar-refractivity contribution in [2.45, 2.75) is 37.8 Å². The molecule has 1 saturated heterocycles. The fraction of sp³-hybridized carbons (Fsp3) is 0.375. The number of imidazole rings is 1. The van der Waals surface area contributed by atoms with Crippen molar-refractivity contribution in [2.24, 2.45) is 0 Å². The minimum atomic E-state index is 0.273. The predicted octanol–water partition coefficient (Wildman–Crippen LogP) is 2.24. The number of nitrogens with zero attached hydrogens (tertiary/aromatic N) is 2. The van der Waals surface area contributed by atoms with E-state index >= 15 is 0 Å². The molecule has 1 aliphatic heterocycles. The molecule has 102 valence electrons. The van der Waals surface area contributed by atoms with E-state index in [1.54, 1.807) is 6.33 Å². The summed E-state index contributed by atoms with van der Waals surface area (Å²) in [6, 6.07) is 10.5. The molecule has 1 amide bonds. The van der Waals surface area contributed by atoms with E-state index in [4.69, 9.17) is 0 Å². The minimum absolute atomic E-state index is 0.273. The number of piperidine rings is 1. The molecule has 2 aromatic rings. The summed E-state index contributed by atoms with van der Waals surface area (Å²) < 4.78 is 0. The molecule has 2 atom stereocenters. The van der Waals surface area contributed by atoms with Crippen LogP contribution in [0.1, 0.15) is 35.7 Å². The van der Waals surface area contributed by atoms with Crippen LogP contribution in [0.15, 0.2) is 36.7 Å². The maximum atomic E-state index is 12.4. The van der Waals surface area contributed by atoms with Crippen LogP contribution < -0.4 is 0 Å². The Morgan fingerprint density at radius 1 is 1.25 bits per heavy atom. The number of nitrogens with one attached hydrogen (secondary N) is 1. The second-order valence-electron chi connectivity index (χ2n) is 5.76. The third kappa shape index (κ3) is 1.83. The molecule has 0 saturated carbocycles. The second kappa shape index (κ2) is 4.47. The van der Waals surface area contributed by atoms with Crippen molar-refractivity contribution >= 4 is 5.91 Å². The standard InChI is InChI=1S/C16H17N3O/c20-15-7-12-6-13(8-14-16(12)18-10-17-14)19(15)9-11-4-2-1-3-5-11/h1-5,10,12-13H,6-9H2,(H,17,18)/t12-,13-/m1/s1. The lowest BCUT2D eigenvalue weighted by molar-refractivity contribution is -0.138. The molecule has 1 fully saturated rings. The van der Waals surface area contributed by atoms with Crippen LogP contribution in [0.2, 0.25) is 0 Å². The number of aromatic amines is 1. The van der Waals surface area contributed by atoms with E-state index < -0.39 is 0 Å². The van der Waals surface area contributed by atoms with Crippen molar-refractivity contribution in [1.29, 1.82) is 0 Å². The van der Waals surface area contributed by atoms with Gasteiger partial charge >= 0.3 is 0 Å². The maximum absolute atomic E-state index is 12.4. The van der Waals surface area contributed by atoms with Gasteiger partial charge in [-0.1, -0.05) is 30.3 Å². The first kappa shape index (κ1) is 11.7. The lowest BCUT2D eigenvalue weighted by Gasteiger charge is -2.42. The summed E-state index contributed by atoms with van der Waals surface area (Å²) in [5.41, 5.74) is 3.54. The Hall–Kier alpha value is -2.10. The summed E-state index contributed by atoms with van der Waals surface area (Å²) in [7, 11) is 0. The van der Waals surface area contributed by atoms with E-state index in [0.29, 0.717) is 18.4 Å². The smallest absolute Gasteiger partial charge is 0.223 e. The summed E-state index contributed by atoms with van der Waals surface area (Å²) in [6.07, 6.45) is 4.32. The molecule has 4 rings (SSSR count). The van der Waals surface area contributed by atoms with Crippen LogP contribution in [0.5, 0.6) is 0 Å². The number of carbonyl (C=O) groups excluding carboxylic acids is 1. The van der Waals surface area contributed by atoms with Gasteiger partial charge in [0.1, 0.15) is 0 Å². The van der Waals surface area contributed by atoms with Crippen molar-refractivity contribution in [3.05, 3.63) is 53.6 Å². The normalized spacial score (nSPS) is 24.6. The number of hydrogen-bond acceptors (Lipinski definition) is 2. The number of benzene rings is 1. The van der Waals surface area contributed by atoms with E-state index in [9.17, 15) is 4.79 Å².